The van der Waals surface area contributed by atoms with Gasteiger partial charge in [-0.05, 0) is 50.9 Å². The van der Waals surface area contributed by atoms with E-state index in [2.05, 4.69) is 31.4 Å². The minimum atomic E-state index is -4.78. The van der Waals surface area contributed by atoms with Crippen LogP contribution in [0.5, 0.6) is 0 Å². The molecule has 0 aromatic carbocycles. The number of hydrogen-bond acceptors (Lipinski definition) is 7. The van der Waals surface area contributed by atoms with Gasteiger partial charge in [-0.25, -0.2) is 4.57 Å². The van der Waals surface area contributed by atoms with Crippen LogP contribution in [-0.4, -0.2) is 52.3 Å². The van der Waals surface area contributed by atoms with Crippen molar-refractivity contribution in [3.8, 4) is 0 Å². The molecule has 0 amide bonds. The monoisotopic (exact) mass is 769 g/mol. The van der Waals surface area contributed by atoms with E-state index in [1.807, 2.05) is 36.5 Å². The van der Waals surface area contributed by atoms with Crippen LogP contribution in [0.15, 0.2) is 48.6 Å². The van der Waals surface area contributed by atoms with E-state index in [-0.39, 0.29) is 19.4 Å². The molecule has 9 nitrogen and oxygen atoms in total. The number of aliphatic hydroxyl groups excluding tert-OH is 1. The molecule has 0 spiro atoms. The van der Waals surface area contributed by atoms with Crippen molar-refractivity contribution < 1.29 is 43.0 Å². The van der Waals surface area contributed by atoms with Gasteiger partial charge in [0.05, 0.1) is 12.7 Å². The van der Waals surface area contributed by atoms with Gasteiger partial charge >= 0.3 is 19.8 Å². The predicted molar refractivity (Wildman–Crippen MR) is 217 cm³/mol. The fourth-order valence-corrected chi connectivity index (χ4v) is 6.05. The van der Waals surface area contributed by atoms with Gasteiger partial charge in [0.25, 0.3) is 0 Å². The number of unbranched alkanes of at least 4 members (excludes halogenated alkanes) is 17. The molecule has 308 valence electrons. The second-order valence-electron chi connectivity index (χ2n) is 14.6. The van der Waals surface area contributed by atoms with Gasteiger partial charge in [0.15, 0.2) is 6.10 Å². The van der Waals surface area contributed by atoms with Crippen molar-refractivity contribution in [3.63, 3.8) is 0 Å². The molecule has 0 aromatic rings. The molecule has 0 fully saturated rings. The molecular formula is C43H77O9P. The number of allylic oxidation sites excluding steroid dienone is 6. The summed E-state index contributed by atoms with van der Waals surface area (Å²) in [5.41, 5.74) is 0. The Kier molecular flexibility index (Phi) is 35.5. The number of ether oxygens (including phenoxy) is 2. The van der Waals surface area contributed by atoms with E-state index in [1.54, 1.807) is 6.08 Å². The molecule has 2 atom stereocenters. The number of phosphoric ester groups is 1. The fraction of sp³-hybridized carbons (Fsp3) is 0.767. The standard InChI is InChI=1S/C43H77O9P/c1-4-5-6-7-17-23-28-33-40(44)34-29-24-19-16-21-25-30-35-42(45)50-37-41(38-51-53(47,48)49)52-43(46)36-31-26-20-15-13-11-9-8-10-12-14-18-22-27-32-39(2)3/h16-17,21,23-24,28-29,33,39-41,44H,4-15,18-20,22,25-27,30-32,34-38H2,1-3H3,(H2,47,48,49)/b21-16+,23-17-,29-24-,33-28-/t40-,41-/m1/s1. The first-order valence-corrected chi connectivity index (χ1v) is 22.4. The van der Waals surface area contributed by atoms with E-state index in [9.17, 15) is 19.3 Å². The van der Waals surface area contributed by atoms with Gasteiger partial charge in [-0.15, -0.1) is 0 Å². The molecule has 0 saturated heterocycles. The Morgan fingerprint density at radius 2 is 1.21 bits per heavy atom. The lowest BCUT2D eigenvalue weighted by Crippen LogP contribution is -2.29. The highest BCUT2D eigenvalue weighted by Crippen LogP contribution is 2.36. The predicted octanol–water partition coefficient (Wildman–Crippen LogP) is 11.6. The first-order valence-electron chi connectivity index (χ1n) is 20.9. The Balaban J connectivity index is 4.06. The molecule has 3 N–H and O–H groups in total. The number of aliphatic hydroxyl groups is 1. The summed E-state index contributed by atoms with van der Waals surface area (Å²) in [4.78, 5) is 42.8. The zero-order chi connectivity index (χ0) is 39.3. The van der Waals surface area contributed by atoms with Crippen LogP contribution in [0.3, 0.4) is 0 Å². The molecule has 0 rings (SSSR count). The fourth-order valence-electron chi connectivity index (χ4n) is 5.69. The minimum absolute atomic E-state index is 0.157. The first kappa shape index (κ1) is 51.0. The van der Waals surface area contributed by atoms with Crippen LogP contribution in [0.25, 0.3) is 0 Å². The zero-order valence-corrected chi connectivity index (χ0v) is 34.6. The third kappa shape index (κ3) is 41.0. The highest BCUT2D eigenvalue weighted by Gasteiger charge is 2.22. The van der Waals surface area contributed by atoms with Gasteiger partial charge in [-0.2, -0.15) is 0 Å². The van der Waals surface area contributed by atoms with Crippen LogP contribution in [0, 0.1) is 5.92 Å². The topological polar surface area (TPSA) is 140 Å². The van der Waals surface area contributed by atoms with Crippen LogP contribution in [0.1, 0.15) is 181 Å². The van der Waals surface area contributed by atoms with Crippen LogP contribution >= 0.6 is 7.82 Å². The lowest BCUT2D eigenvalue weighted by Gasteiger charge is -2.18. The summed E-state index contributed by atoms with van der Waals surface area (Å²) in [6, 6.07) is 0. The molecule has 53 heavy (non-hydrogen) atoms. The molecule has 0 heterocycles. The molecule has 0 aliphatic carbocycles. The molecule has 0 bridgehead atoms. The van der Waals surface area contributed by atoms with Crippen molar-refractivity contribution in [1.29, 1.82) is 0 Å². The van der Waals surface area contributed by atoms with Crippen molar-refractivity contribution in [2.45, 2.75) is 193 Å². The smallest absolute Gasteiger partial charge is 0.462 e. The van der Waals surface area contributed by atoms with Gasteiger partial charge in [-0.1, -0.05) is 172 Å². The van der Waals surface area contributed by atoms with E-state index < -0.39 is 38.6 Å². The van der Waals surface area contributed by atoms with Crippen molar-refractivity contribution in [3.05, 3.63) is 48.6 Å². The molecule has 0 saturated carbocycles. The highest BCUT2D eigenvalue weighted by atomic mass is 31.2. The van der Waals surface area contributed by atoms with Crippen LogP contribution in [0.2, 0.25) is 0 Å². The summed E-state index contributed by atoms with van der Waals surface area (Å²) in [5.74, 6) is -0.166. The average Bonchev–Trinajstić information content (AvgIpc) is 3.10. The van der Waals surface area contributed by atoms with Crippen LogP contribution < -0.4 is 0 Å². The van der Waals surface area contributed by atoms with Crippen molar-refractivity contribution in [2.75, 3.05) is 13.2 Å². The Labute approximate surface area is 323 Å². The van der Waals surface area contributed by atoms with Gasteiger partial charge < -0.3 is 24.4 Å². The second-order valence-corrected chi connectivity index (χ2v) is 15.9. The SMILES string of the molecule is CCCCC/C=C\C=C/[C@@H](O)C/C=C\C/C=C/CCCC(=O)OC[C@H](COP(=O)(O)O)OC(=O)CCCCCCCCCCCCCCCCC(C)C. The third-order valence-electron chi connectivity index (χ3n) is 8.86. The van der Waals surface area contributed by atoms with E-state index >= 15 is 0 Å². The molecule has 0 aromatic heterocycles. The molecule has 0 unspecified atom stereocenters. The van der Waals surface area contributed by atoms with E-state index in [0.717, 1.165) is 38.0 Å². The van der Waals surface area contributed by atoms with Crippen molar-refractivity contribution >= 4 is 19.8 Å². The maximum Gasteiger partial charge on any atom is 0.469 e. The average molecular weight is 769 g/mol. The number of phosphoric acid groups is 1. The Morgan fingerprint density at radius 1 is 0.642 bits per heavy atom. The summed E-state index contributed by atoms with van der Waals surface area (Å²) in [5, 5.41) is 10.0. The summed E-state index contributed by atoms with van der Waals surface area (Å²) in [7, 11) is -4.78. The minimum Gasteiger partial charge on any atom is -0.462 e. The van der Waals surface area contributed by atoms with E-state index in [4.69, 9.17) is 19.3 Å². The van der Waals surface area contributed by atoms with Gasteiger partial charge in [0.1, 0.15) is 6.61 Å². The third-order valence-corrected chi connectivity index (χ3v) is 9.34. The lowest BCUT2D eigenvalue weighted by atomic mass is 10.0. The molecule has 0 aliphatic heterocycles. The number of hydrogen-bond donors (Lipinski definition) is 3. The Bertz CT molecular complexity index is 1030. The number of carbonyl (C=O) groups is 2. The quantitative estimate of drug-likeness (QED) is 0.0185. The van der Waals surface area contributed by atoms with Gasteiger partial charge in [0.2, 0.25) is 0 Å². The highest BCUT2D eigenvalue weighted by molar-refractivity contribution is 7.46. The number of esters is 2. The molecule has 10 heteroatoms. The summed E-state index contributed by atoms with van der Waals surface area (Å²) in [6.07, 6.45) is 40.1. The zero-order valence-electron chi connectivity index (χ0n) is 33.7. The van der Waals surface area contributed by atoms with Crippen LogP contribution in [-0.2, 0) is 28.2 Å². The Hall–Kier alpha value is -2.03. The first-order chi connectivity index (χ1) is 25.5. The molecule has 0 radical (unpaired) electrons. The maximum absolute atomic E-state index is 12.4. The second kappa shape index (κ2) is 36.9. The largest absolute Gasteiger partial charge is 0.469 e. The molecular weight excluding hydrogens is 691 g/mol. The van der Waals surface area contributed by atoms with Crippen molar-refractivity contribution in [2.24, 2.45) is 5.92 Å². The lowest BCUT2D eigenvalue weighted by molar-refractivity contribution is -0.161. The van der Waals surface area contributed by atoms with Gasteiger partial charge in [-0.3, -0.25) is 14.1 Å². The van der Waals surface area contributed by atoms with E-state index in [1.165, 1.54) is 89.9 Å². The van der Waals surface area contributed by atoms with E-state index in [0.29, 0.717) is 25.7 Å². The van der Waals surface area contributed by atoms with Crippen LogP contribution in [0.4, 0.5) is 0 Å². The number of rotatable bonds is 37. The Morgan fingerprint density at radius 3 is 1.81 bits per heavy atom. The summed E-state index contributed by atoms with van der Waals surface area (Å²) >= 11 is 0. The summed E-state index contributed by atoms with van der Waals surface area (Å²) in [6.45, 7) is 5.87. The summed E-state index contributed by atoms with van der Waals surface area (Å²) < 4.78 is 26.3. The normalized spacial score (nSPS) is 13.6. The van der Waals surface area contributed by atoms with Crippen molar-refractivity contribution in [1.82, 2.24) is 0 Å². The number of carbonyl (C=O) groups excluding carboxylic acids is 2. The molecule has 0 aliphatic rings. The maximum atomic E-state index is 12.4. The van der Waals surface area contributed by atoms with Gasteiger partial charge in [0, 0.05) is 12.8 Å².